The molecule has 33 heavy (non-hydrogen) atoms. The van der Waals surface area contributed by atoms with Crippen molar-refractivity contribution >= 4 is 17.4 Å². The van der Waals surface area contributed by atoms with Gasteiger partial charge in [-0.15, -0.1) is 0 Å². The molecule has 1 aliphatic rings. The molecule has 0 fully saturated rings. The molecule has 0 radical (unpaired) electrons. The van der Waals surface area contributed by atoms with Crippen molar-refractivity contribution in [3.05, 3.63) is 96.4 Å². The lowest BCUT2D eigenvalue weighted by Crippen LogP contribution is -2.30. The van der Waals surface area contributed by atoms with Crippen LogP contribution >= 0.6 is 0 Å². The van der Waals surface area contributed by atoms with Gasteiger partial charge in [0.2, 0.25) is 6.79 Å². The zero-order chi connectivity index (χ0) is 22.6. The molecular weight excluding hydrogens is 420 g/mol. The highest BCUT2D eigenvalue weighted by Crippen LogP contribution is 2.35. The molecule has 0 saturated heterocycles. The summed E-state index contributed by atoms with van der Waals surface area (Å²) in [6.07, 6.45) is 5.25. The lowest BCUT2D eigenvalue weighted by atomic mass is 10.1. The van der Waals surface area contributed by atoms with E-state index in [9.17, 15) is 9.90 Å². The summed E-state index contributed by atoms with van der Waals surface area (Å²) in [7, 11) is 0. The first kappa shape index (κ1) is 20.6. The van der Waals surface area contributed by atoms with Crippen LogP contribution in [0.4, 0.5) is 11.5 Å². The highest BCUT2D eigenvalue weighted by molar-refractivity contribution is 5.94. The SMILES string of the molecule is O=C(NC(CO)c1ccccc1)c1ccn(-c2ccnc(Nc3ccc4c(c3)OCO4)c2)c1. The van der Waals surface area contributed by atoms with Gasteiger partial charge in [0.15, 0.2) is 11.5 Å². The highest BCUT2D eigenvalue weighted by Gasteiger charge is 2.16. The quantitative estimate of drug-likeness (QED) is 0.403. The monoisotopic (exact) mass is 442 g/mol. The summed E-state index contributed by atoms with van der Waals surface area (Å²) >= 11 is 0. The zero-order valence-electron chi connectivity index (χ0n) is 17.6. The number of nitrogens with one attached hydrogen (secondary N) is 2. The van der Waals surface area contributed by atoms with Crippen LogP contribution in [-0.4, -0.2) is 34.0 Å². The number of carbonyl (C=O) groups is 1. The maximum absolute atomic E-state index is 12.8. The summed E-state index contributed by atoms with van der Waals surface area (Å²) in [5.41, 5.74) is 3.01. The number of fused-ring (bicyclic) bond motifs is 1. The van der Waals surface area contributed by atoms with Crippen LogP contribution in [-0.2, 0) is 0 Å². The van der Waals surface area contributed by atoms with Gasteiger partial charge in [0.1, 0.15) is 5.82 Å². The first-order valence-corrected chi connectivity index (χ1v) is 10.5. The Balaban J connectivity index is 1.30. The van der Waals surface area contributed by atoms with E-state index in [1.807, 2.05) is 71.4 Å². The molecule has 4 aromatic rings. The molecule has 8 heteroatoms. The minimum absolute atomic E-state index is 0.185. The molecule has 5 rings (SSSR count). The van der Waals surface area contributed by atoms with Crippen LogP contribution in [0.3, 0.4) is 0 Å². The Morgan fingerprint density at radius 2 is 1.91 bits per heavy atom. The summed E-state index contributed by atoms with van der Waals surface area (Å²) in [4.78, 5) is 17.1. The van der Waals surface area contributed by atoms with Crippen LogP contribution in [0, 0.1) is 0 Å². The van der Waals surface area contributed by atoms with E-state index in [1.54, 1.807) is 18.5 Å². The number of aromatic nitrogens is 2. The van der Waals surface area contributed by atoms with Crippen molar-refractivity contribution in [2.24, 2.45) is 0 Å². The van der Waals surface area contributed by atoms with Gasteiger partial charge in [0.25, 0.3) is 5.91 Å². The first-order valence-electron chi connectivity index (χ1n) is 10.5. The summed E-state index contributed by atoms with van der Waals surface area (Å²) in [5.74, 6) is 1.80. The second kappa shape index (κ2) is 9.05. The molecular formula is C25H22N4O4. The molecule has 0 spiro atoms. The smallest absolute Gasteiger partial charge is 0.253 e. The third-order valence-electron chi connectivity index (χ3n) is 5.33. The van der Waals surface area contributed by atoms with E-state index in [1.165, 1.54) is 0 Å². The van der Waals surface area contributed by atoms with E-state index in [0.29, 0.717) is 17.1 Å². The third kappa shape index (κ3) is 4.51. The van der Waals surface area contributed by atoms with Crippen LogP contribution < -0.4 is 20.1 Å². The zero-order valence-corrected chi connectivity index (χ0v) is 17.6. The maximum atomic E-state index is 12.8. The molecule has 0 saturated carbocycles. The van der Waals surface area contributed by atoms with Gasteiger partial charge in [-0.1, -0.05) is 30.3 Å². The van der Waals surface area contributed by atoms with Crippen molar-refractivity contribution < 1.29 is 19.4 Å². The lowest BCUT2D eigenvalue weighted by Gasteiger charge is -2.16. The van der Waals surface area contributed by atoms with Gasteiger partial charge in [0.05, 0.1) is 23.9 Å². The van der Waals surface area contributed by atoms with Crippen molar-refractivity contribution in [2.45, 2.75) is 6.04 Å². The third-order valence-corrected chi connectivity index (χ3v) is 5.33. The lowest BCUT2D eigenvalue weighted by molar-refractivity contribution is 0.0916. The largest absolute Gasteiger partial charge is 0.454 e. The molecule has 166 valence electrons. The van der Waals surface area contributed by atoms with Gasteiger partial charge in [-0.2, -0.15) is 0 Å². The van der Waals surface area contributed by atoms with Gasteiger partial charge < -0.3 is 29.8 Å². The number of anilines is 2. The van der Waals surface area contributed by atoms with Crippen molar-refractivity contribution in [2.75, 3.05) is 18.7 Å². The first-order chi connectivity index (χ1) is 16.2. The average Bonchev–Trinajstić information content (AvgIpc) is 3.53. The van der Waals surface area contributed by atoms with Crippen molar-refractivity contribution in [1.29, 1.82) is 0 Å². The molecule has 3 heterocycles. The molecule has 0 aliphatic carbocycles. The molecule has 1 aliphatic heterocycles. The molecule has 1 unspecified atom stereocenters. The molecule has 8 nitrogen and oxygen atoms in total. The van der Waals surface area contributed by atoms with Crippen LogP contribution in [0.15, 0.2) is 85.3 Å². The minimum atomic E-state index is -0.472. The van der Waals surface area contributed by atoms with Crippen molar-refractivity contribution in [3.8, 4) is 17.2 Å². The van der Waals surface area contributed by atoms with Gasteiger partial charge in [-0.25, -0.2) is 4.98 Å². The van der Waals surface area contributed by atoms with E-state index in [0.717, 1.165) is 22.7 Å². The van der Waals surface area contributed by atoms with Gasteiger partial charge in [-0.05, 0) is 29.8 Å². The van der Waals surface area contributed by atoms with Gasteiger partial charge in [-0.3, -0.25) is 4.79 Å². The number of aliphatic hydroxyl groups is 1. The Labute approximate surface area is 190 Å². The van der Waals surface area contributed by atoms with Crippen LogP contribution in [0.25, 0.3) is 5.69 Å². The van der Waals surface area contributed by atoms with E-state index in [-0.39, 0.29) is 19.3 Å². The summed E-state index contributed by atoms with van der Waals surface area (Å²) in [5, 5.41) is 15.9. The van der Waals surface area contributed by atoms with Gasteiger partial charge >= 0.3 is 0 Å². The minimum Gasteiger partial charge on any atom is -0.454 e. The number of rotatable bonds is 7. The van der Waals surface area contributed by atoms with Crippen LogP contribution in [0.2, 0.25) is 0 Å². The number of pyridine rings is 1. The van der Waals surface area contributed by atoms with Crippen LogP contribution in [0.1, 0.15) is 22.0 Å². The Morgan fingerprint density at radius 3 is 2.76 bits per heavy atom. The fourth-order valence-electron chi connectivity index (χ4n) is 3.62. The predicted molar refractivity (Wildman–Crippen MR) is 123 cm³/mol. The van der Waals surface area contributed by atoms with Crippen molar-refractivity contribution in [1.82, 2.24) is 14.9 Å². The maximum Gasteiger partial charge on any atom is 0.253 e. The summed E-state index contributed by atoms with van der Waals surface area (Å²) in [6, 6.07) is 20.0. The van der Waals surface area contributed by atoms with E-state index >= 15 is 0 Å². The standard InChI is InChI=1S/C25H22N4O4/c30-15-21(17-4-2-1-3-5-17)28-25(31)18-9-11-29(14-18)20-8-10-26-24(13-20)27-19-6-7-22-23(12-19)33-16-32-22/h1-14,21,30H,15-16H2,(H,26,27)(H,28,31). The van der Waals surface area contributed by atoms with Crippen molar-refractivity contribution in [3.63, 3.8) is 0 Å². The molecule has 2 aromatic carbocycles. The Hall–Kier alpha value is -4.30. The summed E-state index contributed by atoms with van der Waals surface area (Å²) in [6.45, 7) is 0.0379. The Morgan fingerprint density at radius 1 is 1.06 bits per heavy atom. The summed E-state index contributed by atoms with van der Waals surface area (Å²) < 4.78 is 12.6. The van der Waals surface area contributed by atoms with Crippen LogP contribution in [0.5, 0.6) is 11.5 Å². The molecule has 0 bridgehead atoms. The molecule has 3 N–H and O–H groups in total. The number of benzene rings is 2. The second-order valence-electron chi connectivity index (χ2n) is 7.52. The number of aliphatic hydroxyl groups excluding tert-OH is 1. The number of nitrogens with zero attached hydrogens (tertiary/aromatic N) is 2. The number of amides is 1. The highest BCUT2D eigenvalue weighted by atomic mass is 16.7. The van der Waals surface area contributed by atoms with E-state index < -0.39 is 6.04 Å². The number of hydrogen-bond acceptors (Lipinski definition) is 6. The molecule has 2 aromatic heterocycles. The number of hydrogen-bond donors (Lipinski definition) is 3. The fourth-order valence-corrected chi connectivity index (χ4v) is 3.62. The molecule has 1 amide bonds. The average molecular weight is 442 g/mol. The second-order valence-corrected chi connectivity index (χ2v) is 7.52. The Bertz CT molecular complexity index is 1270. The fraction of sp³-hybridized carbons (Fsp3) is 0.120. The molecule has 1 atom stereocenters. The van der Waals surface area contributed by atoms with E-state index in [2.05, 4.69) is 15.6 Å². The van der Waals surface area contributed by atoms with E-state index in [4.69, 9.17) is 9.47 Å². The Kier molecular flexibility index (Phi) is 5.65. The number of carbonyl (C=O) groups excluding carboxylic acids is 1. The predicted octanol–water partition coefficient (Wildman–Crippen LogP) is 3.81. The number of ether oxygens (including phenoxy) is 2. The topological polar surface area (TPSA) is 97.6 Å². The normalized spacial score (nSPS) is 12.9. The van der Waals surface area contributed by atoms with Gasteiger partial charge in [0, 0.05) is 36.4 Å².